The summed E-state index contributed by atoms with van der Waals surface area (Å²) in [6.07, 6.45) is 4.63. The van der Waals surface area contributed by atoms with Gasteiger partial charge < -0.3 is 9.73 Å². The van der Waals surface area contributed by atoms with Gasteiger partial charge in [0.05, 0.1) is 23.6 Å². The second-order valence-electron chi connectivity index (χ2n) is 5.99. The number of nitrogens with zero attached hydrogens (tertiary/aromatic N) is 1. The van der Waals surface area contributed by atoms with E-state index in [1.165, 1.54) is 18.4 Å². The van der Waals surface area contributed by atoms with E-state index < -0.39 is 16.1 Å². The zero-order valence-electron chi connectivity index (χ0n) is 14.7. The molecular weight excluding hydrogens is 446 g/mol. The first-order valence-electron chi connectivity index (χ1n) is 8.41. The van der Waals surface area contributed by atoms with Gasteiger partial charge in [-0.25, -0.2) is 8.42 Å². The predicted octanol–water partition coefficient (Wildman–Crippen LogP) is 3.16. The van der Waals surface area contributed by atoms with Crippen molar-refractivity contribution in [3.63, 3.8) is 0 Å². The summed E-state index contributed by atoms with van der Waals surface area (Å²) in [6.45, 7) is 0.303. The molecule has 0 saturated heterocycles. The molecule has 9 heteroatoms. The SMILES string of the molecule is O=C(CC(NS(=O)(=O)c1ccc(Br)cc1)c1ccco1)NCc1cccnc1. The van der Waals surface area contributed by atoms with Crippen molar-refractivity contribution in [3.8, 4) is 0 Å². The smallest absolute Gasteiger partial charge is 0.241 e. The molecule has 0 bridgehead atoms. The number of benzene rings is 1. The highest BCUT2D eigenvalue weighted by atomic mass is 79.9. The molecule has 2 aromatic heterocycles. The van der Waals surface area contributed by atoms with E-state index in [9.17, 15) is 13.2 Å². The van der Waals surface area contributed by atoms with Crippen LogP contribution in [-0.2, 0) is 21.4 Å². The van der Waals surface area contributed by atoms with Crippen LogP contribution in [0.2, 0.25) is 0 Å². The van der Waals surface area contributed by atoms with Gasteiger partial charge in [0.25, 0.3) is 0 Å². The van der Waals surface area contributed by atoms with E-state index in [-0.39, 0.29) is 17.2 Å². The number of hydrogen-bond acceptors (Lipinski definition) is 5. The first kappa shape index (κ1) is 20.2. The number of halogens is 1. The molecule has 2 N–H and O–H groups in total. The van der Waals surface area contributed by atoms with Crippen LogP contribution in [0.3, 0.4) is 0 Å². The van der Waals surface area contributed by atoms with Crippen LogP contribution in [-0.4, -0.2) is 19.3 Å². The van der Waals surface area contributed by atoms with Crippen LogP contribution in [0.15, 0.2) is 81.0 Å². The second-order valence-corrected chi connectivity index (χ2v) is 8.61. The zero-order chi connectivity index (χ0) is 20.0. The van der Waals surface area contributed by atoms with Gasteiger partial charge in [-0.3, -0.25) is 9.78 Å². The van der Waals surface area contributed by atoms with E-state index in [1.54, 1.807) is 42.7 Å². The van der Waals surface area contributed by atoms with Crippen molar-refractivity contribution in [2.24, 2.45) is 0 Å². The van der Waals surface area contributed by atoms with Crippen molar-refractivity contribution < 1.29 is 17.6 Å². The van der Waals surface area contributed by atoms with E-state index in [1.807, 2.05) is 6.07 Å². The van der Waals surface area contributed by atoms with Crippen LogP contribution >= 0.6 is 15.9 Å². The van der Waals surface area contributed by atoms with Crippen LogP contribution in [0.25, 0.3) is 0 Å². The van der Waals surface area contributed by atoms with Gasteiger partial charge in [0.2, 0.25) is 15.9 Å². The largest absolute Gasteiger partial charge is 0.468 e. The normalized spacial score (nSPS) is 12.5. The summed E-state index contributed by atoms with van der Waals surface area (Å²) in [5.74, 6) is 0.0426. The molecule has 1 amide bonds. The molecule has 3 rings (SSSR count). The van der Waals surface area contributed by atoms with Crippen LogP contribution in [0.1, 0.15) is 23.8 Å². The minimum atomic E-state index is -3.84. The summed E-state index contributed by atoms with van der Waals surface area (Å²) in [5.41, 5.74) is 0.848. The zero-order valence-corrected chi connectivity index (χ0v) is 17.1. The number of carbonyl (C=O) groups excluding carboxylic acids is 1. The number of pyridine rings is 1. The molecule has 0 aliphatic heterocycles. The van der Waals surface area contributed by atoms with Gasteiger partial charge in [0.1, 0.15) is 5.76 Å². The highest BCUT2D eigenvalue weighted by Gasteiger charge is 2.25. The fourth-order valence-electron chi connectivity index (χ4n) is 2.52. The maximum Gasteiger partial charge on any atom is 0.241 e. The van der Waals surface area contributed by atoms with Crippen molar-refractivity contribution in [2.45, 2.75) is 23.9 Å². The first-order chi connectivity index (χ1) is 13.4. The molecule has 0 aliphatic carbocycles. The standard InChI is InChI=1S/C19H18BrN3O4S/c20-15-5-7-16(8-6-15)28(25,26)23-17(18-4-2-10-27-18)11-19(24)22-13-14-3-1-9-21-12-14/h1-10,12,17,23H,11,13H2,(H,22,24). The van der Waals surface area contributed by atoms with Gasteiger partial charge >= 0.3 is 0 Å². The number of nitrogens with one attached hydrogen (secondary N) is 2. The highest BCUT2D eigenvalue weighted by molar-refractivity contribution is 9.10. The fraction of sp³-hybridized carbons (Fsp3) is 0.158. The minimum absolute atomic E-state index is 0.100. The average molecular weight is 464 g/mol. The third kappa shape index (κ3) is 5.51. The molecule has 3 aromatic rings. The van der Waals surface area contributed by atoms with Crippen molar-refractivity contribution in [2.75, 3.05) is 0 Å². The molecule has 0 fully saturated rings. The summed E-state index contributed by atoms with van der Waals surface area (Å²) in [5, 5.41) is 2.76. The van der Waals surface area contributed by atoms with Gasteiger partial charge in [-0.1, -0.05) is 22.0 Å². The van der Waals surface area contributed by atoms with Crippen LogP contribution in [0, 0.1) is 0 Å². The van der Waals surface area contributed by atoms with Gasteiger partial charge in [0, 0.05) is 23.4 Å². The Balaban J connectivity index is 1.71. The highest BCUT2D eigenvalue weighted by Crippen LogP contribution is 2.22. The van der Waals surface area contributed by atoms with Crippen LogP contribution < -0.4 is 10.0 Å². The molecule has 1 atom stereocenters. The predicted molar refractivity (Wildman–Crippen MR) is 107 cm³/mol. The number of furan rings is 1. The van der Waals surface area contributed by atoms with Crippen molar-refractivity contribution in [1.29, 1.82) is 0 Å². The molecule has 2 heterocycles. The summed E-state index contributed by atoms with van der Waals surface area (Å²) in [4.78, 5) is 16.5. The Morgan fingerprint density at radius 2 is 1.93 bits per heavy atom. The third-order valence-electron chi connectivity index (χ3n) is 3.91. The second kappa shape index (κ2) is 9.13. The van der Waals surface area contributed by atoms with E-state index in [0.29, 0.717) is 12.3 Å². The Morgan fingerprint density at radius 3 is 2.57 bits per heavy atom. The summed E-state index contributed by atoms with van der Waals surface area (Å²) in [7, 11) is -3.84. The van der Waals surface area contributed by atoms with Crippen molar-refractivity contribution in [3.05, 3.63) is 83.0 Å². The Labute approximate surface area is 171 Å². The molecule has 0 spiro atoms. The molecule has 0 aliphatic rings. The van der Waals surface area contributed by atoms with E-state index in [4.69, 9.17) is 4.42 Å². The Bertz CT molecular complexity index is 1010. The Hall–Kier alpha value is -2.49. The van der Waals surface area contributed by atoms with Crippen LogP contribution in [0.5, 0.6) is 0 Å². The summed E-state index contributed by atoms with van der Waals surface area (Å²) < 4.78 is 34.1. The molecule has 1 aromatic carbocycles. The van der Waals surface area contributed by atoms with E-state index >= 15 is 0 Å². The maximum atomic E-state index is 12.7. The topological polar surface area (TPSA) is 101 Å². The van der Waals surface area contributed by atoms with Gasteiger partial charge in [-0.15, -0.1) is 0 Å². The lowest BCUT2D eigenvalue weighted by molar-refractivity contribution is -0.121. The minimum Gasteiger partial charge on any atom is -0.468 e. The monoisotopic (exact) mass is 463 g/mol. The lowest BCUT2D eigenvalue weighted by atomic mass is 10.1. The number of aromatic nitrogens is 1. The van der Waals surface area contributed by atoms with Gasteiger partial charge in [-0.05, 0) is 48.0 Å². The molecule has 28 heavy (non-hydrogen) atoms. The van der Waals surface area contributed by atoms with E-state index in [2.05, 4.69) is 31.0 Å². The molecule has 0 radical (unpaired) electrons. The van der Waals surface area contributed by atoms with Crippen LogP contribution in [0.4, 0.5) is 0 Å². The fourth-order valence-corrected chi connectivity index (χ4v) is 3.99. The Morgan fingerprint density at radius 1 is 1.14 bits per heavy atom. The first-order valence-corrected chi connectivity index (χ1v) is 10.7. The van der Waals surface area contributed by atoms with Gasteiger partial charge in [0.15, 0.2) is 0 Å². The van der Waals surface area contributed by atoms with Gasteiger partial charge in [-0.2, -0.15) is 4.72 Å². The Kier molecular flexibility index (Phi) is 6.61. The number of sulfonamides is 1. The summed E-state index contributed by atoms with van der Waals surface area (Å²) in [6, 6.07) is 12.3. The quantitative estimate of drug-likeness (QED) is 0.534. The molecule has 146 valence electrons. The third-order valence-corrected chi connectivity index (χ3v) is 5.93. The average Bonchev–Trinajstić information content (AvgIpc) is 3.22. The lowest BCUT2D eigenvalue weighted by Crippen LogP contribution is -2.33. The molecule has 0 saturated carbocycles. The number of rotatable bonds is 8. The molecule has 1 unspecified atom stereocenters. The summed E-state index contributed by atoms with van der Waals surface area (Å²) >= 11 is 3.28. The lowest BCUT2D eigenvalue weighted by Gasteiger charge is -2.17. The molecule has 7 nitrogen and oxygen atoms in total. The van der Waals surface area contributed by atoms with Crippen molar-refractivity contribution >= 4 is 31.9 Å². The number of hydrogen-bond donors (Lipinski definition) is 2. The van der Waals surface area contributed by atoms with E-state index in [0.717, 1.165) is 10.0 Å². The number of amides is 1. The molecular formula is C19H18BrN3O4S. The van der Waals surface area contributed by atoms with Crippen molar-refractivity contribution in [1.82, 2.24) is 15.0 Å². The number of carbonyl (C=O) groups is 1. The maximum absolute atomic E-state index is 12.7.